The van der Waals surface area contributed by atoms with Crippen molar-refractivity contribution in [3.8, 4) is 11.4 Å². The van der Waals surface area contributed by atoms with Crippen molar-refractivity contribution < 1.29 is 4.74 Å². The number of aromatic nitrogens is 5. The predicted molar refractivity (Wildman–Crippen MR) is 127 cm³/mol. The quantitative estimate of drug-likeness (QED) is 0.470. The van der Waals surface area contributed by atoms with E-state index < -0.39 is 0 Å². The van der Waals surface area contributed by atoms with E-state index in [9.17, 15) is 0 Å². The molecule has 0 radical (unpaired) electrons. The molecule has 2 atom stereocenters. The zero-order valence-electron chi connectivity index (χ0n) is 18.6. The molecule has 168 valence electrons. The minimum Gasteiger partial charge on any atom is -0.491 e. The second-order valence-electron chi connectivity index (χ2n) is 8.84. The molecule has 9 nitrogen and oxygen atoms in total. The molecule has 3 aromatic heterocycles. The van der Waals surface area contributed by atoms with Crippen molar-refractivity contribution in [1.82, 2.24) is 30.0 Å². The zero-order valence-corrected chi connectivity index (χ0v) is 18.6. The standard InChI is InChI=1S/C24H26N8O/c1-15(2)33-19-3-4-20-21(11-19)32(30-24(20)29-22-13-25-7-8-26-22)17-5-6-27-23(10-17)31-14-16-9-18(31)12-28-16/h3-8,10-11,13,15-16,18,28H,9,12,14H2,1-2H3,(H,26,29,30)/t16-,18-/m0/s1. The fraction of sp³-hybridized carbons (Fsp3) is 0.333. The van der Waals surface area contributed by atoms with Crippen LogP contribution in [0.3, 0.4) is 0 Å². The van der Waals surface area contributed by atoms with Gasteiger partial charge in [-0.25, -0.2) is 14.6 Å². The fourth-order valence-corrected chi connectivity index (χ4v) is 4.75. The summed E-state index contributed by atoms with van der Waals surface area (Å²) < 4.78 is 7.91. The summed E-state index contributed by atoms with van der Waals surface area (Å²) in [6.45, 7) is 6.06. The van der Waals surface area contributed by atoms with Gasteiger partial charge in [-0.15, -0.1) is 5.10 Å². The lowest BCUT2D eigenvalue weighted by atomic mass is 10.2. The van der Waals surface area contributed by atoms with Crippen molar-refractivity contribution in [2.24, 2.45) is 0 Å². The topological polar surface area (TPSA) is 93.0 Å². The molecule has 2 N–H and O–H groups in total. The normalized spacial score (nSPS) is 19.5. The molecule has 0 amide bonds. The lowest BCUT2D eigenvalue weighted by Crippen LogP contribution is -2.44. The van der Waals surface area contributed by atoms with E-state index in [4.69, 9.17) is 9.84 Å². The monoisotopic (exact) mass is 442 g/mol. The average molecular weight is 443 g/mol. The highest BCUT2D eigenvalue weighted by molar-refractivity contribution is 5.93. The highest BCUT2D eigenvalue weighted by atomic mass is 16.5. The molecule has 9 heteroatoms. The van der Waals surface area contributed by atoms with Gasteiger partial charge in [-0.3, -0.25) is 4.98 Å². The Labute approximate surface area is 191 Å². The third kappa shape index (κ3) is 3.74. The molecule has 5 heterocycles. The number of pyridine rings is 1. The maximum absolute atomic E-state index is 5.97. The Kier molecular flexibility index (Phi) is 4.83. The summed E-state index contributed by atoms with van der Waals surface area (Å²) in [5.74, 6) is 3.15. The number of nitrogens with zero attached hydrogens (tertiary/aromatic N) is 6. The maximum atomic E-state index is 5.97. The Morgan fingerprint density at radius 1 is 1.12 bits per heavy atom. The third-order valence-corrected chi connectivity index (χ3v) is 6.16. The predicted octanol–water partition coefficient (Wildman–Crippen LogP) is 3.29. The lowest BCUT2D eigenvalue weighted by Gasteiger charge is -2.28. The molecule has 4 aromatic rings. The van der Waals surface area contributed by atoms with Crippen LogP contribution >= 0.6 is 0 Å². The van der Waals surface area contributed by atoms with E-state index in [2.05, 4.69) is 36.6 Å². The molecule has 0 aliphatic carbocycles. The summed E-state index contributed by atoms with van der Waals surface area (Å²) in [6, 6.07) is 11.2. The number of hydrogen-bond donors (Lipinski definition) is 2. The van der Waals surface area contributed by atoms with Crippen molar-refractivity contribution in [1.29, 1.82) is 0 Å². The van der Waals surface area contributed by atoms with Crippen molar-refractivity contribution in [2.75, 3.05) is 23.3 Å². The number of hydrogen-bond acceptors (Lipinski definition) is 8. The first-order valence-corrected chi connectivity index (χ1v) is 11.3. The Bertz CT molecular complexity index is 1290. The summed E-state index contributed by atoms with van der Waals surface area (Å²) in [5.41, 5.74) is 1.90. The molecule has 2 bridgehead atoms. The van der Waals surface area contributed by atoms with Crippen LogP contribution < -0.4 is 20.3 Å². The Hall–Kier alpha value is -3.72. The van der Waals surface area contributed by atoms with Crippen molar-refractivity contribution in [2.45, 2.75) is 38.5 Å². The number of rotatable bonds is 6. The molecular weight excluding hydrogens is 416 g/mol. The van der Waals surface area contributed by atoms with E-state index in [-0.39, 0.29) is 6.10 Å². The van der Waals surface area contributed by atoms with Crippen LogP contribution in [-0.2, 0) is 0 Å². The molecule has 0 saturated carbocycles. The van der Waals surface area contributed by atoms with Crippen LogP contribution in [0.4, 0.5) is 17.5 Å². The van der Waals surface area contributed by atoms with Gasteiger partial charge < -0.3 is 20.3 Å². The van der Waals surface area contributed by atoms with E-state index in [0.29, 0.717) is 23.7 Å². The largest absolute Gasteiger partial charge is 0.491 e. The zero-order chi connectivity index (χ0) is 22.4. The molecular formula is C24H26N8O. The molecule has 2 aliphatic rings. The van der Waals surface area contributed by atoms with Gasteiger partial charge >= 0.3 is 0 Å². The van der Waals surface area contributed by atoms with Crippen LogP contribution in [0.2, 0.25) is 0 Å². The van der Waals surface area contributed by atoms with Gasteiger partial charge in [-0.05, 0) is 38.5 Å². The minimum atomic E-state index is 0.0859. The molecule has 2 saturated heterocycles. The van der Waals surface area contributed by atoms with Gasteiger partial charge in [0.15, 0.2) is 5.82 Å². The van der Waals surface area contributed by atoms with Gasteiger partial charge in [0.2, 0.25) is 0 Å². The summed E-state index contributed by atoms with van der Waals surface area (Å²) in [6.07, 6.45) is 8.12. The SMILES string of the molecule is CC(C)Oc1ccc2c(Nc3cnccn3)nn(-c3ccnc(N4C[C@@H]5C[C@H]4CN5)c3)c2c1. The van der Waals surface area contributed by atoms with E-state index >= 15 is 0 Å². The van der Waals surface area contributed by atoms with Crippen molar-refractivity contribution >= 4 is 28.4 Å². The maximum Gasteiger partial charge on any atom is 0.162 e. The van der Waals surface area contributed by atoms with Crippen LogP contribution in [0.25, 0.3) is 16.6 Å². The average Bonchev–Trinajstić information content (AvgIpc) is 3.54. The van der Waals surface area contributed by atoms with Crippen molar-refractivity contribution in [3.05, 3.63) is 55.1 Å². The fourth-order valence-electron chi connectivity index (χ4n) is 4.75. The summed E-state index contributed by atoms with van der Waals surface area (Å²) in [5, 5.41) is 12.7. The summed E-state index contributed by atoms with van der Waals surface area (Å²) in [7, 11) is 0. The van der Waals surface area contributed by atoms with E-state index in [1.54, 1.807) is 18.6 Å². The molecule has 2 fully saturated rings. The molecule has 0 spiro atoms. The van der Waals surface area contributed by atoms with Gasteiger partial charge in [-0.2, -0.15) is 0 Å². The Morgan fingerprint density at radius 2 is 2.06 bits per heavy atom. The summed E-state index contributed by atoms with van der Waals surface area (Å²) >= 11 is 0. The second kappa shape index (κ2) is 8.00. The van der Waals surface area contributed by atoms with Gasteiger partial charge in [0.05, 0.1) is 23.5 Å². The molecule has 0 unspecified atom stereocenters. The van der Waals surface area contributed by atoms with Crippen molar-refractivity contribution in [3.63, 3.8) is 0 Å². The number of fused-ring (bicyclic) bond motifs is 3. The lowest BCUT2D eigenvalue weighted by molar-refractivity contribution is 0.242. The van der Waals surface area contributed by atoms with Gasteiger partial charge in [0, 0.05) is 61.3 Å². The molecule has 2 aliphatic heterocycles. The van der Waals surface area contributed by atoms with Crippen LogP contribution in [0.1, 0.15) is 20.3 Å². The smallest absolute Gasteiger partial charge is 0.162 e. The molecule has 6 rings (SSSR count). The van der Waals surface area contributed by atoms with E-state index in [0.717, 1.165) is 41.2 Å². The van der Waals surface area contributed by atoms with Crippen LogP contribution in [0.15, 0.2) is 55.1 Å². The number of piperazine rings is 1. The highest BCUT2D eigenvalue weighted by Gasteiger charge is 2.38. The first kappa shape index (κ1) is 19.9. The minimum absolute atomic E-state index is 0.0859. The number of ether oxygens (including phenoxy) is 1. The molecule has 33 heavy (non-hydrogen) atoms. The van der Waals surface area contributed by atoms with E-state index in [1.165, 1.54) is 6.42 Å². The Balaban J connectivity index is 1.43. The number of anilines is 3. The van der Waals surface area contributed by atoms with Gasteiger partial charge in [0.25, 0.3) is 0 Å². The van der Waals surface area contributed by atoms with Crippen LogP contribution in [-0.4, -0.2) is 56.0 Å². The number of benzene rings is 1. The van der Waals surface area contributed by atoms with Crippen LogP contribution in [0.5, 0.6) is 5.75 Å². The highest BCUT2D eigenvalue weighted by Crippen LogP contribution is 2.33. The number of nitrogens with one attached hydrogen (secondary N) is 2. The third-order valence-electron chi connectivity index (χ3n) is 6.16. The van der Waals surface area contributed by atoms with Crippen LogP contribution in [0, 0.1) is 0 Å². The van der Waals surface area contributed by atoms with Gasteiger partial charge in [-0.1, -0.05) is 0 Å². The Morgan fingerprint density at radius 3 is 2.82 bits per heavy atom. The van der Waals surface area contributed by atoms with E-state index in [1.807, 2.05) is 49.0 Å². The van der Waals surface area contributed by atoms with Gasteiger partial charge in [0.1, 0.15) is 17.4 Å². The first-order chi connectivity index (χ1) is 16.1. The summed E-state index contributed by atoms with van der Waals surface area (Å²) in [4.78, 5) is 15.6. The first-order valence-electron chi connectivity index (χ1n) is 11.3. The molecule has 1 aromatic carbocycles. The second-order valence-corrected chi connectivity index (χ2v) is 8.84.